The molecule has 0 aliphatic rings. The Kier molecular flexibility index (Phi) is 5.57. The van der Waals surface area contributed by atoms with E-state index in [4.69, 9.17) is 0 Å². The van der Waals surface area contributed by atoms with Gasteiger partial charge in [0.05, 0.1) is 13.2 Å². The highest BCUT2D eigenvalue weighted by Gasteiger charge is 2.07. The Balaban J connectivity index is 2.21. The molecule has 0 aromatic heterocycles. The molecular weight excluding hydrogens is 204 g/mol. The quantitative estimate of drug-likeness (QED) is 0.748. The van der Waals surface area contributed by atoms with E-state index in [1.807, 2.05) is 30.3 Å². The molecule has 0 amide bonds. The number of methoxy groups -OCH3 is 1. The Hall–Kier alpha value is -1.35. The molecule has 0 aliphatic carbocycles. The van der Waals surface area contributed by atoms with E-state index >= 15 is 0 Å². The van der Waals surface area contributed by atoms with Crippen molar-refractivity contribution in [1.29, 1.82) is 0 Å². The fourth-order valence-corrected chi connectivity index (χ4v) is 1.57. The summed E-state index contributed by atoms with van der Waals surface area (Å²) in [5.41, 5.74) is 1.12. The molecule has 16 heavy (non-hydrogen) atoms. The van der Waals surface area contributed by atoms with Gasteiger partial charge in [0.2, 0.25) is 0 Å². The molecule has 1 rings (SSSR count). The minimum atomic E-state index is -0.382. The van der Waals surface area contributed by atoms with Crippen LogP contribution >= 0.6 is 0 Å². The SMILES string of the molecule is COC(=O)CCCC(O)Cc1ccccc1. The van der Waals surface area contributed by atoms with E-state index in [0.717, 1.165) is 5.56 Å². The number of aliphatic hydroxyl groups is 1. The van der Waals surface area contributed by atoms with Crippen molar-refractivity contribution in [3.05, 3.63) is 35.9 Å². The average molecular weight is 222 g/mol. The van der Waals surface area contributed by atoms with Gasteiger partial charge in [0.15, 0.2) is 0 Å². The molecule has 1 aromatic carbocycles. The lowest BCUT2D eigenvalue weighted by molar-refractivity contribution is -0.140. The van der Waals surface area contributed by atoms with Gasteiger partial charge >= 0.3 is 5.97 Å². The second-order valence-electron chi connectivity index (χ2n) is 3.81. The van der Waals surface area contributed by atoms with Crippen LogP contribution in [0.5, 0.6) is 0 Å². The summed E-state index contributed by atoms with van der Waals surface area (Å²) in [5.74, 6) is -0.216. The number of rotatable bonds is 6. The number of hydrogen-bond donors (Lipinski definition) is 1. The Labute approximate surface area is 96.1 Å². The average Bonchev–Trinajstić information content (AvgIpc) is 2.30. The van der Waals surface area contributed by atoms with Gasteiger partial charge in [-0.3, -0.25) is 4.79 Å². The van der Waals surface area contributed by atoms with Crippen LogP contribution < -0.4 is 0 Å². The second kappa shape index (κ2) is 7.01. The van der Waals surface area contributed by atoms with Crippen LogP contribution in [-0.4, -0.2) is 24.3 Å². The number of benzene rings is 1. The fourth-order valence-electron chi connectivity index (χ4n) is 1.57. The smallest absolute Gasteiger partial charge is 0.305 e. The Morgan fingerprint density at radius 2 is 2.06 bits per heavy atom. The molecule has 1 unspecified atom stereocenters. The molecule has 0 radical (unpaired) electrons. The highest BCUT2D eigenvalue weighted by Crippen LogP contribution is 2.08. The van der Waals surface area contributed by atoms with E-state index in [9.17, 15) is 9.90 Å². The van der Waals surface area contributed by atoms with Crippen molar-refractivity contribution in [2.24, 2.45) is 0 Å². The third kappa shape index (κ3) is 4.94. The van der Waals surface area contributed by atoms with E-state index in [2.05, 4.69) is 4.74 Å². The molecule has 0 bridgehead atoms. The van der Waals surface area contributed by atoms with Gasteiger partial charge in [0.25, 0.3) is 0 Å². The Morgan fingerprint density at radius 3 is 2.69 bits per heavy atom. The number of hydrogen-bond acceptors (Lipinski definition) is 3. The maximum Gasteiger partial charge on any atom is 0.305 e. The molecule has 0 spiro atoms. The first-order chi connectivity index (χ1) is 7.72. The minimum absolute atomic E-state index is 0.216. The summed E-state index contributed by atoms with van der Waals surface area (Å²) in [6.07, 6.45) is 1.93. The molecule has 0 saturated heterocycles. The van der Waals surface area contributed by atoms with Crippen LogP contribution in [0.15, 0.2) is 30.3 Å². The molecule has 1 atom stereocenters. The third-order valence-corrected chi connectivity index (χ3v) is 2.46. The van der Waals surface area contributed by atoms with Crippen molar-refractivity contribution in [2.45, 2.75) is 31.8 Å². The molecular formula is C13H18O3. The minimum Gasteiger partial charge on any atom is -0.469 e. The summed E-state index contributed by atoms with van der Waals surface area (Å²) in [7, 11) is 1.38. The number of aliphatic hydroxyl groups excluding tert-OH is 1. The summed E-state index contributed by atoms with van der Waals surface area (Å²) in [5, 5.41) is 9.74. The molecule has 3 nitrogen and oxygen atoms in total. The molecule has 0 aliphatic heterocycles. The first-order valence-electron chi connectivity index (χ1n) is 5.51. The Bertz CT molecular complexity index is 308. The first-order valence-corrected chi connectivity index (χ1v) is 5.51. The molecule has 3 heteroatoms. The highest BCUT2D eigenvalue weighted by atomic mass is 16.5. The van der Waals surface area contributed by atoms with Crippen molar-refractivity contribution >= 4 is 5.97 Å². The zero-order chi connectivity index (χ0) is 11.8. The third-order valence-electron chi connectivity index (χ3n) is 2.46. The number of carbonyl (C=O) groups excluding carboxylic acids is 1. The summed E-state index contributed by atoms with van der Waals surface area (Å²) in [6.45, 7) is 0. The summed E-state index contributed by atoms with van der Waals surface area (Å²) >= 11 is 0. The van der Waals surface area contributed by atoms with E-state index < -0.39 is 0 Å². The normalized spacial score (nSPS) is 12.1. The molecule has 88 valence electrons. The van der Waals surface area contributed by atoms with Crippen LogP contribution in [0, 0.1) is 0 Å². The van der Waals surface area contributed by atoms with Gasteiger partial charge in [-0.05, 0) is 24.8 Å². The van der Waals surface area contributed by atoms with Crippen LogP contribution in [0.3, 0.4) is 0 Å². The predicted octanol–water partition coefficient (Wildman–Crippen LogP) is 1.93. The summed E-state index contributed by atoms with van der Waals surface area (Å²) < 4.78 is 4.53. The Morgan fingerprint density at radius 1 is 1.38 bits per heavy atom. The zero-order valence-corrected chi connectivity index (χ0v) is 9.56. The molecule has 0 saturated carbocycles. The van der Waals surface area contributed by atoms with Crippen molar-refractivity contribution in [3.63, 3.8) is 0 Å². The lowest BCUT2D eigenvalue weighted by Gasteiger charge is -2.09. The maximum atomic E-state index is 10.8. The zero-order valence-electron chi connectivity index (χ0n) is 9.56. The van der Waals surface area contributed by atoms with Crippen molar-refractivity contribution in [1.82, 2.24) is 0 Å². The van der Waals surface area contributed by atoms with E-state index in [0.29, 0.717) is 25.7 Å². The van der Waals surface area contributed by atoms with Gasteiger partial charge in [0.1, 0.15) is 0 Å². The van der Waals surface area contributed by atoms with E-state index in [1.165, 1.54) is 7.11 Å². The maximum absolute atomic E-state index is 10.8. The predicted molar refractivity (Wildman–Crippen MR) is 62.0 cm³/mol. The van der Waals surface area contributed by atoms with Crippen LogP contribution in [0.4, 0.5) is 0 Å². The van der Waals surface area contributed by atoms with Gasteiger partial charge in [0, 0.05) is 6.42 Å². The molecule has 0 heterocycles. The molecule has 1 aromatic rings. The second-order valence-corrected chi connectivity index (χ2v) is 3.81. The van der Waals surface area contributed by atoms with Crippen LogP contribution in [0.25, 0.3) is 0 Å². The highest BCUT2D eigenvalue weighted by molar-refractivity contribution is 5.68. The first kappa shape index (κ1) is 12.7. The van der Waals surface area contributed by atoms with Gasteiger partial charge in [-0.2, -0.15) is 0 Å². The fraction of sp³-hybridized carbons (Fsp3) is 0.462. The van der Waals surface area contributed by atoms with E-state index in [1.54, 1.807) is 0 Å². The van der Waals surface area contributed by atoms with Gasteiger partial charge in [-0.1, -0.05) is 30.3 Å². The summed E-state index contributed by atoms with van der Waals surface area (Å²) in [6, 6.07) is 9.84. The van der Waals surface area contributed by atoms with Gasteiger partial charge < -0.3 is 9.84 Å². The van der Waals surface area contributed by atoms with Gasteiger partial charge in [-0.15, -0.1) is 0 Å². The molecule has 1 N–H and O–H groups in total. The standard InChI is InChI=1S/C13H18O3/c1-16-13(15)9-5-8-12(14)10-11-6-3-2-4-7-11/h2-4,6-7,12,14H,5,8-10H2,1H3. The van der Waals surface area contributed by atoms with Gasteiger partial charge in [-0.25, -0.2) is 0 Å². The summed E-state index contributed by atoms with van der Waals surface area (Å²) in [4.78, 5) is 10.8. The number of carbonyl (C=O) groups is 1. The van der Waals surface area contributed by atoms with Crippen molar-refractivity contribution in [3.8, 4) is 0 Å². The van der Waals surface area contributed by atoms with E-state index in [-0.39, 0.29) is 12.1 Å². The van der Waals surface area contributed by atoms with Crippen LogP contribution in [0.2, 0.25) is 0 Å². The van der Waals surface area contributed by atoms with Crippen LogP contribution in [-0.2, 0) is 16.0 Å². The number of ether oxygens (including phenoxy) is 1. The topological polar surface area (TPSA) is 46.5 Å². The lowest BCUT2D eigenvalue weighted by atomic mass is 10.0. The monoisotopic (exact) mass is 222 g/mol. The van der Waals surface area contributed by atoms with Crippen molar-refractivity contribution < 1.29 is 14.6 Å². The van der Waals surface area contributed by atoms with Crippen LogP contribution in [0.1, 0.15) is 24.8 Å². The molecule has 0 fully saturated rings. The lowest BCUT2D eigenvalue weighted by Crippen LogP contribution is -2.11. The largest absolute Gasteiger partial charge is 0.469 e. The van der Waals surface area contributed by atoms with Crippen molar-refractivity contribution in [2.75, 3.05) is 7.11 Å². The number of esters is 1.